The molecular formula is C7H14O2S. The van der Waals surface area contributed by atoms with Crippen LogP contribution in [-0.4, -0.2) is 20.4 Å². The number of hydrogen-bond acceptors (Lipinski definition) is 2. The van der Waals surface area contributed by atoms with E-state index in [1.54, 1.807) is 0 Å². The van der Waals surface area contributed by atoms with E-state index in [-0.39, 0.29) is 5.75 Å². The molecule has 0 saturated heterocycles. The molecule has 0 radical (unpaired) electrons. The molecule has 0 spiro atoms. The predicted molar refractivity (Wildman–Crippen MR) is 43.8 cm³/mol. The maximum atomic E-state index is 10.6. The molecule has 0 aromatic heterocycles. The average Bonchev–Trinajstić information content (AvgIpc) is 1.78. The number of rotatable bonds is 4. The summed E-state index contributed by atoms with van der Waals surface area (Å²) in [7, 11) is -2.76. The molecule has 0 saturated carbocycles. The van der Waals surface area contributed by atoms with Gasteiger partial charge in [-0.25, -0.2) is 8.42 Å². The minimum absolute atomic E-state index is 0.267. The lowest BCUT2D eigenvalue weighted by molar-refractivity contribution is 0.601. The first kappa shape index (κ1) is 9.69. The second kappa shape index (κ2) is 4.50. The molecule has 10 heavy (non-hydrogen) atoms. The lowest BCUT2D eigenvalue weighted by Gasteiger charge is -1.90. The van der Waals surface area contributed by atoms with Crippen molar-refractivity contribution in [2.75, 3.05) is 12.0 Å². The lowest BCUT2D eigenvalue weighted by Crippen LogP contribution is -2.00. The Morgan fingerprint density at radius 2 is 1.90 bits per heavy atom. The fourth-order valence-corrected chi connectivity index (χ4v) is 1.13. The van der Waals surface area contributed by atoms with Crippen molar-refractivity contribution >= 4 is 9.84 Å². The number of allylic oxidation sites excluding steroid dienone is 2. The molecule has 0 rings (SSSR count). The van der Waals surface area contributed by atoms with Crippen molar-refractivity contribution < 1.29 is 8.42 Å². The molecule has 0 aliphatic rings. The number of hydrogen-bond donors (Lipinski definition) is 0. The van der Waals surface area contributed by atoms with Gasteiger partial charge in [0.25, 0.3) is 0 Å². The second-order valence-corrected chi connectivity index (χ2v) is 4.56. The van der Waals surface area contributed by atoms with Crippen LogP contribution in [0.4, 0.5) is 0 Å². The topological polar surface area (TPSA) is 34.1 Å². The Labute approximate surface area is 62.9 Å². The summed E-state index contributed by atoms with van der Waals surface area (Å²) in [5.41, 5.74) is 0. The van der Waals surface area contributed by atoms with Crippen LogP contribution in [0, 0.1) is 0 Å². The van der Waals surface area contributed by atoms with Gasteiger partial charge in [-0.2, -0.15) is 0 Å². The summed E-state index contributed by atoms with van der Waals surface area (Å²) in [6.45, 7) is 2.02. The van der Waals surface area contributed by atoms with E-state index in [9.17, 15) is 8.42 Å². The highest BCUT2D eigenvalue weighted by Crippen LogP contribution is 1.91. The van der Waals surface area contributed by atoms with Gasteiger partial charge in [-0.05, 0) is 12.8 Å². The first-order valence-electron chi connectivity index (χ1n) is 3.39. The van der Waals surface area contributed by atoms with Crippen molar-refractivity contribution in [3.8, 4) is 0 Å². The van der Waals surface area contributed by atoms with Crippen LogP contribution in [0.15, 0.2) is 12.2 Å². The number of sulfone groups is 1. The lowest BCUT2D eigenvalue weighted by atomic mass is 10.4. The first-order valence-corrected chi connectivity index (χ1v) is 5.45. The molecule has 0 bridgehead atoms. The Morgan fingerprint density at radius 3 is 2.30 bits per heavy atom. The molecule has 0 aromatic carbocycles. The third-order valence-corrected chi connectivity index (χ3v) is 2.03. The van der Waals surface area contributed by atoms with Gasteiger partial charge >= 0.3 is 0 Å². The van der Waals surface area contributed by atoms with Crippen molar-refractivity contribution in [1.29, 1.82) is 0 Å². The molecule has 0 amide bonds. The molecule has 0 fully saturated rings. The maximum Gasteiger partial charge on any atom is 0.147 e. The van der Waals surface area contributed by atoms with E-state index < -0.39 is 9.84 Å². The maximum absolute atomic E-state index is 10.6. The van der Waals surface area contributed by atoms with Crippen LogP contribution < -0.4 is 0 Å². The average molecular weight is 162 g/mol. The molecule has 0 unspecified atom stereocenters. The highest BCUT2D eigenvalue weighted by atomic mass is 32.2. The first-order chi connectivity index (χ1) is 4.56. The molecule has 0 aliphatic heterocycles. The summed E-state index contributed by atoms with van der Waals surface area (Å²) in [5, 5.41) is 0. The Morgan fingerprint density at radius 1 is 1.30 bits per heavy atom. The van der Waals surface area contributed by atoms with Crippen LogP contribution in [-0.2, 0) is 9.84 Å². The van der Waals surface area contributed by atoms with Crippen LogP contribution >= 0.6 is 0 Å². The van der Waals surface area contributed by atoms with Gasteiger partial charge in [-0.15, -0.1) is 0 Å². The van der Waals surface area contributed by atoms with E-state index in [1.807, 2.05) is 19.1 Å². The SMILES string of the molecule is CC/C=C/CCS(C)(=O)=O. The summed E-state index contributed by atoms with van der Waals surface area (Å²) in [4.78, 5) is 0. The van der Waals surface area contributed by atoms with Crippen molar-refractivity contribution in [3.63, 3.8) is 0 Å². The van der Waals surface area contributed by atoms with Crippen molar-refractivity contribution in [2.24, 2.45) is 0 Å². The molecule has 0 aliphatic carbocycles. The normalized spacial score (nSPS) is 12.6. The van der Waals surface area contributed by atoms with E-state index in [1.165, 1.54) is 6.26 Å². The van der Waals surface area contributed by atoms with Crippen molar-refractivity contribution in [2.45, 2.75) is 19.8 Å². The molecule has 0 atom stereocenters. The van der Waals surface area contributed by atoms with Gasteiger partial charge < -0.3 is 0 Å². The van der Waals surface area contributed by atoms with Crippen LogP contribution in [0.3, 0.4) is 0 Å². The monoisotopic (exact) mass is 162 g/mol. The van der Waals surface area contributed by atoms with Crippen LogP contribution in [0.1, 0.15) is 19.8 Å². The highest BCUT2D eigenvalue weighted by molar-refractivity contribution is 7.90. The van der Waals surface area contributed by atoms with E-state index in [4.69, 9.17) is 0 Å². The third-order valence-electron chi connectivity index (χ3n) is 1.06. The minimum atomic E-state index is -2.76. The summed E-state index contributed by atoms with van der Waals surface area (Å²) in [6.07, 6.45) is 6.76. The molecule has 0 N–H and O–H groups in total. The zero-order valence-electron chi connectivity index (χ0n) is 6.50. The molecule has 0 aromatic rings. The standard InChI is InChI=1S/C7H14O2S/c1-3-4-5-6-7-10(2,8)9/h4-5H,3,6-7H2,1-2H3/b5-4+. The summed E-state index contributed by atoms with van der Waals surface area (Å²) >= 11 is 0. The smallest absolute Gasteiger partial charge is 0.147 e. The van der Waals surface area contributed by atoms with Gasteiger partial charge in [-0.3, -0.25) is 0 Å². The fraction of sp³-hybridized carbons (Fsp3) is 0.714. The Balaban J connectivity index is 3.48. The van der Waals surface area contributed by atoms with Gasteiger partial charge in [0, 0.05) is 6.26 Å². The van der Waals surface area contributed by atoms with Crippen LogP contribution in [0.25, 0.3) is 0 Å². The zero-order chi connectivity index (χ0) is 8.04. The Hall–Kier alpha value is -0.310. The largest absolute Gasteiger partial charge is 0.229 e. The Kier molecular flexibility index (Phi) is 4.36. The van der Waals surface area contributed by atoms with Gasteiger partial charge in [0.2, 0.25) is 0 Å². The summed E-state index contributed by atoms with van der Waals surface area (Å²) in [6, 6.07) is 0. The van der Waals surface area contributed by atoms with Crippen LogP contribution in [0.5, 0.6) is 0 Å². The Bertz CT molecular complexity index is 190. The fourth-order valence-electron chi connectivity index (χ4n) is 0.567. The quantitative estimate of drug-likeness (QED) is 0.585. The highest BCUT2D eigenvalue weighted by Gasteiger charge is 1.97. The van der Waals surface area contributed by atoms with E-state index >= 15 is 0 Å². The van der Waals surface area contributed by atoms with Crippen molar-refractivity contribution in [1.82, 2.24) is 0 Å². The van der Waals surface area contributed by atoms with Gasteiger partial charge in [0.1, 0.15) is 9.84 Å². The van der Waals surface area contributed by atoms with Gasteiger partial charge in [0.05, 0.1) is 5.75 Å². The van der Waals surface area contributed by atoms with Gasteiger partial charge in [0.15, 0.2) is 0 Å². The van der Waals surface area contributed by atoms with Crippen molar-refractivity contribution in [3.05, 3.63) is 12.2 Å². The summed E-state index contributed by atoms with van der Waals surface area (Å²) < 4.78 is 21.1. The molecule has 3 heteroatoms. The zero-order valence-corrected chi connectivity index (χ0v) is 7.32. The molecule has 60 valence electrons. The van der Waals surface area contributed by atoms with Gasteiger partial charge in [-0.1, -0.05) is 19.1 Å². The minimum Gasteiger partial charge on any atom is -0.229 e. The second-order valence-electron chi connectivity index (χ2n) is 2.30. The summed E-state index contributed by atoms with van der Waals surface area (Å²) in [5.74, 6) is 0.267. The van der Waals surface area contributed by atoms with E-state index in [2.05, 4.69) is 0 Å². The van der Waals surface area contributed by atoms with Crippen LogP contribution in [0.2, 0.25) is 0 Å². The molecular weight excluding hydrogens is 148 g/mol. The predicted octanol–water partition coefficient (Wildman–Crippen LogP) is 1.39. The molecule has 0 heterocycles. The molecule has 2 nitrogen and oxygen atoms in total. The third kappa shape index (κ3) is 7.69. The van der Waals surface area contributed by atoms with E-state index in [0.29, 0.717) is 6.42 Å². The van der Waals surface area contributed by atoms with E-state index in [0.717, 1.165) is 6.42 Å².